The van der Waals surface area contributed by atoms with E-state index in [4.69, 9.17) is 0 Å². The van der Waals surface area contributed by atoms with Crippen LogP contribution in [0.4, 0.5) is 0 Å². The fourth-order valence-electron chi connectivity index (χ4n) is 2.33. The zero-order valence-electron chi connectivity index (χ0n) is 13.2. The van der Waals surface area contributed by atoms with E-state index in [1.54, 1.807) is 24.3 Å². The summed E-state index contributed by atoms with van der Waals surface area (Å²) in [6.45, 7) is 0. The summed E-state index contributed by atoms with van der Waals surface area (Å²) in [6, 6.07) is 11.0. The fraction of sp³-hybridized carbons (Fsp3) is 0.0588. The number of nitrogens with zero attached hydrogens (tertiary/aromatic N) is 3. The van der Waals surface area contributed by atoms with Crippen LogP contribution in [0.5, 0.6) is 11.5 Å². The van der Waals surface area contributed by atoms with Crippen LogP contribution in [0.3, 0.4) is 0 Å². The van der Waals surface area contributed by atoms with E-state index >= 15 is 0 Å². The molecule has 0 aliphatic heterocycles. The van der Waals surface area contributed by atoms with Crippen molar-refractivity contribution in [2.24, 2.45) is 12.1 Å². The summed E-state index contributed by atoms with van der Waals surface area (Å²) in [5, 5.41) is 27.6. The number of hydrogen-bond acceptors (Lipinski definition) is 6. The molecule has 0 aliphatic carbocycles. The number of phenolic OH excluding ortho intramolecular Hbond substituents is 2. The Hall–Kier alpha value is -3.68. The first kappa shape index (κ1) is 16.2. The molecule has 0 aliphatic rings. The van der Waals surface area contributed by atoms with Gasteiger partial charge in [0.2, 0.25) is 0 Å². The third kappa shape index (κ3) is 3.05. The summed E-state index contributed by atoms with van der Waals surface area (Å²) in [7, 11) is 1.46. The first-order valence-corrected chi connectivity index (χ1v) is 7.29. The highest BCUT2D eigenvalue weighted by molar-refractivity contribution is 6.05. The van der Waals surface area contributed by atoms with Gasteiger partial charge in [0.1, 0.15) is 0 Å². The normalized spacial score (nSPS) is 11.1. The third-order valence-corrected chi connectivity index (χ3v) is 3.59. The van der Waals surface area contributed by atoms with E-state index in [1.807, 2.05) is 0 Å². The predicted octanol–water partition coefficient (Wildman–Crippen LogP) is 1.11. The molecule has 0 bridgehead atoms. The first-order chi connectivity index (χ1) is 12.0. The van der Waals surface area contributed by atoms with Gasteiger partial charge in [0.05, 0.1) is 11.6 Å². The largest absolute Gasteiger partial charge is 0.504 e. The van der Waals surface area contributed by atoms with Gasteiger partial charge in [-0.1, -0.05) is 24.3 Å². The Morgan fingerprint density at radius 1 is 1.16 bits per heavy atom. The molecular weight excluding hydrogens is 324 g/mol. The monoisotopic (exact) mass is 338 g/mol. The van der Waals surface area contributed by atoms with Crippen LogP contribution in [0.1, 0.15) is 16.1 Å². The van der Waals surface area contributed by atoms with Crippen LogP contribution in [0.2, 0.25) is 0 Å². The van der Waals surface area contributed by atoms with Crippen LogP contribution in [-0.4, -0.2) is 32.1 Å². The number of amides is 1. The van der Waals surface area contributed by atoms with Crippen molar-refractivity contribution >= 4 is 22.9 Å². The van der Waals surface area contributed by atoms with Crippen molar-refractivity contribution < 1.29 is 15.0 Å². The topological polar surface area (TPSA) is 117 Å². The molecule has 1 amide bonds. The van der Waals surface area contributed by atoms with Crippen molar-refractivity contribution in [3.63, 3.8) is 0 Å². The van der Waals surface area contributed by atoms with E-state index in [0.717, 1.165) is 4.68 Å². The maximum absolute atomic E-state index is 12.3. The summed E-state index contributed by atoms with van der Waals surface area (Å²) in [5.41, 5.74) is 2.27. The zero-order valence-corrected chi connectivity index (χ0v) is 13.2. The minimum absolute atomic E-state index is 0.0509. The van der Waals surface area contributed by atoms with Crippen LogP contribution in [0.25, 0.3) is 10.8 Å². The highest BCUT2D eigenvalue weighted by Crippen LogP contribution is 2.26. The van der Waals surface area contributed by atoms with Crippen LogP contribution in [0.15, 0.2) is 52.4 Å². The highest BCUT2D eigenvalue weighted by Gasteiger charge is 2.15. The molecule has 3 N–H and O–H groups in total. The number of hydrazone groups is 1. The molecular formula is C17H14N4O4. The highest BCUT2D eigenvalue weighted by atomic mass is 16.3. The number of hydrogen-bond donors (Lipinski definition) is 3. The van der Waals surface area contributed by atoms with Crippen molar-refractivity contribution in [2.75, 3.05) is 0 Å². The summed E-state index contributed by atoms with van der Waals surface area (Å²) >= 11 is 0. The molecule has 3 aromatic rings. The van der Waals surface area contributed by atoms with Crippen molar-refractivity contribution in [3.05, 3.63) is 64.1 Å². The average Bonchev–Trinajstić information content (AvgIpc) is 2.61. The Morgan fingerprint density at radius 2 is 1.88 bits per heavy atom. The Bertz CT molecular complexity index is 1060. The molecule has 0 fully saturated rings. The molecule has 25 heavy (non-hydrogen) atoms. The maximum Gasteiger partial charge on any atom is 0.292 e. The van der Waals surface area contributed by atoms with Gasteiger partial charge in [-0.2, -0.15) is 10.2 Å². The van der Waals surface area contributed by atoms with Gasteiger partial charge in [0, 0.05) is 18.0 Å². The van der Waals surface area contributed by atoms with Crippen LogP contribution in [0, 0.1) is 0 Å². The molecule has 8 heteroatoms. The summed E-state index contributed by atoms with van der Waals surface area (Å²) < 4.78 is 1.09. The molecule has 0 radical (unpaired) electrons. The predicted molar refractivity (Wildman–Crippen MR) is 91.8 cm³/mol. The number of benzene rings is 2. The molecule has 126 valence electrons. The molecule has 0 saturated heterocycles. The van der Waals surface area contributed by atoms with Crippen LogP contribution >= 0.6 is 0 Å². The minimum atomic E-state index is -0.609. The first-order valence-electron chi connectivity index (χ1n) is 7.29. The van der Waals surface area contributed by atoms with E-state index < -0.39 is 5.91 Å². The van der Waals surface area contributed by atoms with Gasteiger partial charge in [-0.05, 0) is 18.2 Å². The van der Waals surface area contributed by atoms with Gasteiger partial charge in [0.15, 0.2) is 17.2 Å². The van der Waals surface area contributed by atoms with Crippen molar-refractivity contribution in [1.29, 1.82) is 0 Å². The lowest BCUT2D eigenvalue weighted by atomic mass is 10.1. The number of rotatable bonds is 3. The van der Waals surface area contributed by atoms with Gasteiger partial charge in [0.25, 0.3) is 11.5 Å². The Balaban J connectivity index is 1.91. The van der Waals surface area contributed by atoms with Crippen molar-refractivity contribution in [1.82, 2.24) is 15.2 Å². The molecule has 0 saturated carbocycles. The SMILES string of the molecule is Cn1nc(C(=O)N/N=C/c2cccc(O)c2O)c2ccccc2c1=O. The lowest BCUT2D eigenvalue weighted by Gasteiger charge is -2.06. The Morgan fingerprint density at radius 3 is 2.64 bits per heavy atom. The molecule has 0 unspecified atom stereocenters. The van der Waals surface area contributed by atoms with Gasteiger partial charge < -0.3 is 10.2 Å². The molecule has 2 aromatic carbocycles. The van der Waals surface area contributed by atoms with Gasteiger partial charge in [-0.15, -0.1) is 0 Å². The summed E-state index contributed by atoms with van der Waals surface area (Å²) in [5.74, 6) is -1.24. The number of fused-ring (bicyclic) bond motifs is 1. The van der Waals surface area contributed by atoms with E-state index in [0.29, 0.717) is 10.8 Å². The van der Waals surface area contributed by atoms with E-state index in [2.05, 4.69) is 15.6 Å². The third-order valence-electron chi connectivity index (χ3n) is 3.59. The molecule has 1 heterocycles. The Kier molecular flexibility index (Phi) is 4.17. The molecule has 0 atom stereocenters. The van der Waals surface area contributed by atoms with E-state index in [-0.39, 0.29) is 28.3 Å². The average molecular weight is 338 g/mol. The van der Waals surface area contributed by atoms with Crippen molar-refractivity contribution in [3.8, 4) is 11.5 Å². The van der Waals surface area contributed by atoms with Gasteiger partial charge >= 0.3 is 0 Å². The van der Waals surface area contributed by atoms with Crippen molar-refractivity contribution in [2.45, 2.75) is 0 Å². The molecule has 1 aromatic heterocycles. The quantitative estimate of drug-likeness (QED) is 0.376. The summed E-state index contributed by atoms with van der Waals surface area (Å²) in [6.07, 6.45) is 1.19. The van der Waals surface area contributed by atoms with Gasteiger partial charge in [-0.3, -0.25) is 9.59 Å². The minimum Gasteiger partial charge on any atom is -0.504 e. The smallest absolute Gasteiger partial charge is 0.292 e. The standard InChI is InChI=1S/C17H14N4O4/c1-21-17(25)12-7-3-2-6-11(12)14(20-21)16(24)19-18-9-10-5-4-8-13(22)15(10)23/h2-9,22-23H,1H3,(H,19,24)/b18-9+. The molecule has 0 spiro atoms. The molecule has 8 nitrogen and oxygen atoms in total. The number of phenols is 2. The number of carbonyl (C=O) groups is 1. The lowest BCUT2D eigenvalue weighted by Crippen LogP contribution is -2.27. The second kappa shape index (κ2) is 6.44. The maximum atomic E-state index is 12.3. The summed E-state index contributed by atoms with van der Waals surface area (Å²) in [4.78, 5) is 24.4. The molecule has 3 rings (SSSR count). The zero-order chi connectivity index (χ0) is 18.0. The van der Waals surface area contributed by atoms with Gasteiger partial charge in [-0.25, -0.2) is 10.1 Å². The van der Waals surface area contributed by atoms with Crippen LogP contribution in [-0.2, 0) is 7.05 Å². The lowest BCUT2D eigenvalue weighted by molar-refractivity contribution is 0.0950. The van der Waals surface area contributed by atoms with E-state index in [1.165, 1.54) is 31.5 Å². The van der Waals surface area contributed by atoms with E-state index in [9.17, 15) is 19.8 Å². The number of carbonyl (C=O) groups excluding carboxylic acids is 1. The number of para-hydroxylation sites is 1. The van der Waals surface area contributed by atoms with Crippen LogP contribution < -0.4 is 11.0 Å². The number of aromatic hydroxyl groups is 2. The number of nitrogens with one attached hydrogen (secondary N) is 1. The second-order valence-electron chi connectivity index (χ2n) is 5.24. The fourth-order valence-corrected chi connectivity index (χ4v) is 2.33. The Labute approximate surface area is 141 Å². The number of aryl methyl sites for hydroxylation is 1. The number of aromatic nitrogens is 2. The second-order valence-corrected chi connectivity index (χ2v) is 5.24.